The van der Waals surface area contributed by atoms with Crippen LogP contribution >= 0.6 is 0 Å². The number of morpholine rings is 2. The van der Waals surface area contributed by atoms with Gasteiger partial charge in [0.25, 0.3) is 0 Å². The van der Waals surface area contributed by atoms with Gasteiger partial charge < -0.3 is 27.9 Å². The number of hydrogen-bond acceptors (Lipinski definition) is 6. The molecular weight excluding hydrogens is 556 g/mol. The fraction of sp³-hybridized carbons (Fsp3) is 0.611. The van der Waals surface area contributed by atoms with Crippen molar-refractivity contribution in [1.29, 1.82) is 0 Å². The number of ether oxygens (including phenoxy) is 4. The Morgan fingerprint density at radius 3 is 1.77 bits per heavy atom. The van der Waals surface area contributed by atoms with Gasteiger partial charge in [-0.05, 0) is 29.5 Å². The third kappa shape index (κ3) is 3.71. The summed E-state index contributed by atoms with van der Waals surface area (Å²) in [5.74, 6) is -0.768. The molecule has 44 heavy (non-hydrogen) atoms. The second-order valence-corrected chi connectivity index (χ2v) is 15.6. The molecule has 2 aromatic rings. The van der Waals surface area contributed by atoms with E-state index in [9.17, 15) is 9.59 Å². The van der Waals surface area contributed by atoms with Crippen molar-refractivity contribution in [3.05, 3.63) is 71.3 Å². The minimum Gasteiger partial charge on any atom is -0.461 e. The van der Waals surface area contributed by atoms with Crippen molar-refractivity contribution in [1.82, 2.24) is 0 Å². The van der Waals surface area contributed by atoms with E-state index >= 15 is 0 Å². The molecule has 232 valence electrons. The van der Waals surface area contributed by atoms with Crippen molar-refractivity contribution < 1.29 is 37.5 Å². The van der Waals surface area contributed by atoms with Crippen LogP contribution in [-0.2, 0) is 34.0 Å². The third-order valence-corrected chi connectivity index (χ3v) is 13.1. The molecule has 0 saturated carbocycles. The molecule has 4 bridgehead atoms. The zero-order valence-electron chi connectivity index (χ0n) is 26.1. The van der Waals surface area contributed by atoms with Gasteiger partial charge in [0.05, 0.1) is 34.1 Å². The maximum atomic E-state index is 14.6. The number of benzene rings is 2. The Morgan fingerprint density at radius 2 is 1.20 bits per heavy atom. The quantitative estimate of drug-likeness (QED) is 0.297. The van der Waals surface area contributed by atoms with Crippen molar-refractivity contribution in [2.75, 3.05) is 28.2 Å². The van der Waals surface area contributed by atoms with Gasteiger partial charge in [-0.25, -0.2) is 0 Å². The lowest BCUT2D eigenvalue weighted by molar-refractivity contribution is -0.938. The summed E-state index contributed by atoms with van der Waals surface area (Å²) in [6.07, 6.45) is 5.38. The zero-order chi connectivity index (χ0) is 30.2. The van der Waals surface area contributed by atoms with Gasteiger partial charge in [-0.3, -0.25) is 9.59 Å². The molecule has 8 heteroatoms. The number of hydrogen-bond donors (Lipinski definition) is 0. The number of piperidine rings is 2. The molecule has 1 aliphatic carbocycles. The summed E-state index contributed by atoms with van der Waals surface area (Å²) in [5, 5.41) is 0. The maximum Gasteiger partial charge on any atom is 0.321 e. The molecule has 0 radical (unpaired) electrons. The summed E-state index contributed by atoms with van der Waals surface area (Å²) in [6.45, 7) is 0. The van der Waals surface area contributed by atoms with Crippen molar-refractivity contribution in [3.8, 4) is 0 Å². The van der Waals surface area contributed by atoms with Crippen LogP contribution in [0.15, 0.2) is 54.6 Å². The van der Waals surface area contributed by atoms with E-state index in [-0.39, 0.29) is 24.1 Å². The second kappa shape index (κ2) is 9.15. The Labute approximate surface area is 259 Å². The van der Waals surface area contributed by atoms with Crippen LogP contribution < -0.4 is 0 Å². The highest BCUT2D eigenvalue weighted by Crippen LogP contribution is 2.54. The van der Waals surface area contributed by atoms with E-state index in [2.05, 4.69) is 28.2 Å². The van der Waals surface area contributed by atoms with Gasteiger partial charge in [0.2, 0.25) is 0 Å². The number of quaternary nitrogens is 2. The molecule has 6 aliphatic heterocycles. The smallest absolute Gasteiger partial charge is 0.321 e. The van der Waals surface area contributed by atoms with Crippen LogP contribution in [0.4, 0.5) is 0 Å². The molecular formula is C36H44N2O6+2. The maximum absolute atomic E-state index is 14.6. The van der Waals surface area contributed by atoms with Crippen LogP contribution in [0.2, 0.25) is 0 Å². The second-order valence-electron chi connectivity index (χ2n) is 15.6. The van der Waals surface area contributed by atoms with Gasteiger partial charge in [0, 0.05) is 25.7 Å². The predicted octanol–water partition coefficient (Wildman–Crippen LogP) is 3.45. The first kappa shape index (κ1) is 27.5. The standard InChI is InChI=1S/C36H44N2O6/c1-37(2)26-16-21(17-27(37)31-30(26)43-31)41-34(39)24-14-15-36(20-10-6-5-7-11-20,25-13-9-8-12-23(24)25)35(40)42-22-18-28-32-33(44-32)29(19-22)38(28,3)4/h5-13,21-22,24,26-33H,14-19H2,1-4H3/q+2/t21?,22?,24-,26+,27+,28-,29+,30-,31+,32-,33+,36+/m1/s1. The molecule has 0 aromatic heterocycles. The highest BCUT2D eigenvalue weighted by atomic mass is 16.6. The van der Waals surface area contributed by atoms with E-state index < -0.39 is 11.3 Å². The summed E-state index contributed by atoms with van der Waals surface area (Å²) < 4.78 is 26.7. The summed E-state index contributed by atoms with van der Waals surface area (Å²) >= 11 is 0. The monoisotopic (exact) mass is 600 g/mol. The highest BCUT2D eigenvalue weighted by molar-refractivity contribution is 5.91. The lowest BCUT2D eigenvalue weighted by Crippen LogP contribution is -2.60. The summed E-state index contributed by atoms with van der Waals surface area (Å²) in [4.78, 5) is 28.6. The van der Waals surface area contributed by atoms with Gasteiger partial charge in [-0.1, -0.05) is 54.6 Å². The zero-order valence-corrected chi connectivity index (χ0v) is 26.1. The third-order valence-electron chi connectivity index (χ3n) is 13.1. The normalized spacial score (nSPS) is 44.5. The number of carbonyl (C=O) groups is 2. The van der Waals surface area contributed by atoms with Gasteiger partial charge in [0.1, 0.15) is 66.2 Å². The van der Waals surface area contributed by atoms with Crippen LogP contribution in [0.25, 0.3) is 0 Å². The summed E-state index contributed by atoms with van der Waals surface area (Å²) in [5.41, 5.74) is 1.72. The Morgan fingerprint density at radius 1 is 0.705 bits per heavy atom. The predicted molar refractivity (Wildman–Crippen MR) is 161 cm³/mol. The largest absolute Gasteiger partial charge is 0.461 e. The van der Waals surface area contributed by atoms with E-state index in [1.54, 1.807) is 0 Å². The van der Waals surface area contributed by atoms with Crippen molar-refractivity contribution in [2.24, 2.45) is 0 Å². The number of fused-ring (bicyclic) bond motifs is 11. The Kier molecular flexibility index (Phi) is 5.72. The van der Waals surface area contributed by atoms with E-state index in [1.165, 1.54) is 0 Å². The Hall–Kier alpha value is -2.78. The number of likely N-dealkylation sites (N-methyl/N-ethyl adjacent to an activating group) is 2. The van der Waals surface area contributed by atoms with Crippen molar-refractivity contribution in [2.45, 2.75) is 111 Å². The van der Waals surface area contributed by atoms with Crippen LogP contribution in [0.1, 0.15) is 61.1 Å². The summed E-state index contributed by atoms with van der Waals surface area (Å²) in [7, 11) is 9.16. The van der Waals surface area contributed by atoms with Crippen molar-refractivity contribution >= 4 is 11.9 Å². The average molecular weight is 601 g/mol. The Balaban J connectivity index is 0.998. The minimum atomic E-state index is -0.973. The molecule has 7 aliphatic rings. The van der Waals surface area contributed by atoms with Gasteiger partial charge in [0.15, 0.2) is 0 Å². The number of nitrogens with zero attached hydrogens (tertiary/aromatic N) is 2. The molecule has 0 N–H and O–H groups in total. The van der Waals surface area contributed by atoms with Gasteiger partial charge in [-0.2, -0.15) is 0 Å². The first-order valence-corrected chi connectivity index (χ1v) is 16.6. The van der Waals surface area contributed by atoms with E-state index in [0.29, 0.717) is 61.4 Å². The Bertz CT molecular complexity index is 1490. The number of epoxide rings is 2. The molecule has 8 nitrogen and oxygen atoms in total. The summed E-state index contributed by atoms with van der Waals surface area (Å²) in [6, 6.07) is 19.5. The van der Waals surface area contributed by atoms with E-state index in [4.69, 9.17) is 18.9 Å². The van der Waals surface area contributed by atoms with E-state index in [1.807, 2.05) is 54.6 Å². The van der Waals surface area contributed by atoms with Gasteiger partial charge >= 0.3 is 11.9 Å². The molecule has 0 amide bonds. The van der Waals surface area contributed by atoms with Crippen LogP contribution in [-0.4, -0.2) is 110 Å². The molecule has 2 unspecified atom stereocenters. The molecule has 9 rings (SSSR count). The van der Waals surface area contributed by atoms with E-state index in [0.717, 1.165) is 51.3 Å². The molecule has 6 heterocycles. The molecule has 2 aromatic carbocycles. The van der Waals surface area contributed by atoms with Crippen LogP contribution in [0.5, 0.6) is 0 Å². The fourth-order valence-corrected chi connectivity index (χ4v) is 10.5. The lowest BCUT2D eigenvalue weighted by atomic mass is 9.63. The van der Waals surface area contributed by atoms with Crippen molar-refractivity contribution in [3.63, 3.8) is 0 Å². The molecule has 6 saturated heterocycles. The van der Waals surface area contributed by atoms with Gasteiger partial charge in [-0.15, -0.1) is 0 Å². The number of rotatable bonds is 5. The SMILES string of the molecule is C[N+]1(C)[C@@H]2CC(OC(=O)[C@]3(c4ccccc4)CC[C@@H](C(=O)OC4C[C@H]5[C@@H]6O[C@@H]6[C@H](C4)[N+]5(C)C)c4ccccc43)C[C@H]1[C@@H]1O[C@@H]12. The fourth-order valence-electron chi connectivity index (χ4n) is 10.5. The average Bonchev–Trinajstić information content (AvgIpc) is 3.91. The first-order chi connectivity index (χ1) is 21.1. The number of carbonyl (C=O) groups excluding carboxylic acids is 2. The first-order valence-electron chi connectivity index (χ1n) is 16.6. The van der Waals surface area contributed by atoms with Crippen LogP contribution in [0.3, 0.4) is 0 Å². The topological polar surface area (TPSA) is 77.7 Å². The molecule has 0 spiro atoms. The lowest BCUT2D eigenvalue weighted by Gasteiger charge is -2.46. The van der Waals surface area contributed by atoms with Crippen LogP contribution in [0, 0.1) is 0 Å². The highest BCUT2D eigenvalue weighted by Gasteiger charge is 2.72. The molecule has 12 atom stereocenters. The number of esters is 2. The minimum absolute atomic E-state index is 0.0856. The molecule has 6 fully saturated rings.